The maximum Gasteiger partial charge on any atom is 0.276 e. The van der Waals surface area contributed by atoms with Gasteiger partial charge in [-0.25, -0.2) is 0 Å². The smallest absolute Gasteiger partial charge is 0.276 e. The molecule has 6 nitrogen and oxygen atoms in total. The molecule has 144 valence electrons. The summed E-state index contributed by atoms with van der Waals surface area (Å²) in [6.07, 6.45) is 0. The Morgan fingerprint density at radius 3 is 2.32 bits per heavy atom. The maximum absolute atomic E-state index is 12.5. The number of halogens is 1. The van der Waals surface area contributed by atoms with Gasteiger partial charge in [-0.05, 0) is 35.7 Å². The van der Waals surface area contributed by atoms with Crippen LogP contribution in [0.3, 0.4) is 0 Å². The Morgan fingerprint density at radius 2 is 1.68 bits per heavy atom. The molecular weight excluding hydrogens is 376 g/mol. The normalized spacial score (nSPS) is 10.8. The fourth-order valence-corrected chi connectivity index (χ4v) is 2.89. The number of aryl methyl sites for hydroxylation is 1. The molecule has 0 aliphatic carbocycles. The highest BCUT2D eigenvalue weighted by molar-refractivity contribution is 6.34. The van der Waals surface area contributed by atoms with Crippen molar-refractivity contribution in [3.63, 3.8) is 0 Å². The van der Waals surface area contributed by atoms with Gasteiger partial charge in [-0.1, -0.05) is 49.7 Å². The average Bonchev–Trinajstić information content (AvgIpc) is 3.03. The third kappa shape index (κ3) is 4.40. The largest absolute Gasteiger partial charge is 0.321 e. The minimum absolute atomic E-state index is 0.199. The number of hydrogen-bond acceptors (Lipinski definition) is 3. The molecule has 0 fully saturated rings. The number of hydrogen-bond donors (Lipinski definition) is 2. The van der Waals surface area contributed by atoms with E-state index in [1.807, 2.05) is 24.3 Å². The average molecular weight is 397 g/mol. The van der Waals surface area contributed by atoms with Crippen LogP contribution in [0.1, 0.15) is 46.2 Å². The van der Waals surface area contributed by atoms with E-state index < -0.39 is 0 Å². The molecule has 0 spiro atoms. The van der Waals surface area contributed by atoms with E-state index in [2.05, 4.69) is 29.6 Å². The Balaban J connectivity index is 1.71. The summed E-state index contributed by atoms with van der Waals surface area (Å²) < 4.78 is 1.44. The number of carbonyl (C=O) groups is 2. The van der Waals surface area contributed by atoms with Crippen LogP contribution in [0, 0.1) is 0 Å². The Bertz CT molecular complexity index is 1010. The first kappa shape index (κ1) is 19.6. The van der Waals surface area contributed by atoms with E-state index in [-0.39, 0.29) is 17.5 Å². The van der Waals surface area contributed by atoms with Gasteiger partial charge in [-0.3, -0.25) is 14.3 Å². The lowest BCUT2D eigenvalue weighted by Gasteiger charge is -2.07. The van der Waals surface area contributed by atoms with Crippen molar-refractivity contribution >= 4 is 34.9 Å². The van der Waals surface area contributed by atoms with Gasteiger partial charge < -0.3 is 10.6 Å². The zero-order valence-electron chi connectivity index (χ0n) is 15.9. The lowest BCUT2D eigenvalue weighted by atomic mass is 10.0. The summed E-state index contributed by atoms with van der Waals surface area (Å²) in [5.74, 6) is 0.0889. The summed E-state index contributed by atoms with van der Waals surface area (Å²) in [5, 5.41) is 10.1. The van der Waals surface area contributed by atoms with Crippen LogP contribution in [0.4, 0.5) is 11.5 Å². The van der Waals surface area contributed by atoms with E-state index in [1.165, 1.54) is 16.3 Å². The summed E-state index contributed by atoms with van der Waals surface area (Å²) in [6.45, 7) is 4.22. The van der Waals surface area contributed by atoms with Gasteiger partial charge >= 0.3 is 0 Å². The van der Waals surface area contributed by atoms with Crippen LogP contribution in [0.2, 0.25) is 5.02 Å². The summed E-state index contributed by atoms with van der Waals surface area (Å²) in [7, 11) is 1.65. The number of rotatable bonds is 5. The second-order valence-corrected chi connectivity index (χ2v) is 7.11. The third-order valence-electron chi connectivity index (χ3n) is 4.31. The second-order valence-electron chi connectivity index (χ2n) is 6.70. The van der Waals surface area contributed by atoms with E-state index in [4.69, 9.17) is 11.6 Å². The zero-order valence-corrected chi connectivity index (χ0v) is 16.6. The molecule has 3 rings (SSSR count). The van der Waals surface area contributed by atoms with Crippen molar-refractivity contribution in [2.75, 3.05) is 10.6 Å². The Hall–Kier alpha value is -3.12. The van der Waals surface area contributed by atoms with E-state index in [1.54, 1.807) is 31.3 Å². The highest BCUT2D eigenvalue weighted by atomic mass is 35.5. The molecule has 1 aromatic heterocycles. The highest BCUT2D eigenvalue weighted by Crippen LogP contribution is 2.19. The lowest BCUT2D eigenvalue weighted by molar-refractivity contribution is 0.101. The molecule has 1 heterocycles. The van der Waals surface area contributed by atoms with Crippen LogP contribution in [-0.2, 0) is 7.05 Å². The number of aromatic nitrogens is 2. The topological polar surface area (TPSA) is 76.0 Å². The van der Waals surface area contributed by atoms with Crippen LogP contribution in [0.15, 0.2) is 54.6 Å². The van der Waals surface area contributed by atoms with Crippen LogP contribution in [0.25, 0.3) is 0 Å². The fraction of sp³-hybridized carbons (Fsp3) is 0.190. The Kier molecular flexibility index (Phi) is 5.80. The minimum atomic E-state index is -0.371. The van der Waals surface area contributed by atoms with Crippen LogP contribution in [0.5, 0.6) is 0 Å². The van der Waals surface area contributed by atoms with Crippen molar-refractivity contribution in [2.24, 2.45) is 7.05 Å². The molecule has 0 saturated carbocycles. The van der Waals surface area contributed by atoms with Gasteiger partial charge in [0.2, 0.25) is 0 Å². The minimum Gasteiger partial charge on any atom is -0.321 e. The van der Waals surface area contributed by atoms with Crippen LogP contribution < -0.4 is 10.6 Å². The van der Waals surface area contributed by atoms with Crippen molar-refractivity contribution in [2.45, 2.75) is 19.8 Å². The van der Waals surface area contributed by atoms with Gasteiger partial charge in [0.25, 0.3) is 11.8 Å². The Labute approximate surface area is 168 Å². The molecule has 0 radical (unpaired) electrons. The van der Waals surface area contributed by atoms with Gasteiger partial charge in [0.1, 0.15) is 5.82 Å². The van der Waals surface area contributed by atoms with E-state index in [0.717, 1.165) is 0 Å². The predicted octanol–water partition coefficient (Wildman–Crippen LogP) is 4.70. The highest BCUT2D eigenvalue weighted by Gasteiger charge is 2.16. The molecule has 2 aromatic carbocycles. The summed E-state index contributed by atoms with van der Waals surface area (Å²) in [4.78, 5) is 24.9. The number of nitrogens with one attached hydrogen (secondary N) is 2. The number of amides is 2. The molecule has 0 aliphatic heterocycles. The van der Waals surface area contributed by atoms with E-state index in [0.29, 0.717) is 28.0 Å². The lowest BCUT2D eigenvalue weighted by Crippen LogP contribution is -2.14. The predicted molar refractivity (Wildman–Crippen MR) is 111 cm³/mol. The van der Waals surface area contributed by atoms with Crippen molar-refractivity contribution in [1.29, 1.82) is 0 Å². The second kappa shape index (κ2) is 8.27. The molecule has 7 heteroatoms. The molecule has 0 aliphatic rings. The van der Waals surface area contributed by atoms with Gasteiger partial charge in [-0.15, -0.1) is 0 Å². The van der Waals surface area contributed by atoms with Gasteiger partial charge in [0.15, 0.2) is 5.69 Å². The first-order valence-corrected chi connectivity index (χ1v) is 9.24. The molecule has 2 N–H and O–H groups in total. The summed E-state index contributed by atoms with van der Waals surface area (Å²) in [5.41, 5.74) is 2.42. The van der Waals surface area contributed by atoms with Crippen molar-refractivity contribution in [1.82, 2.24) is 9.78 Å². The molecular formula is C21H21ClN4O2. The van der Waals surface area contributed by atoms with Crippen molar-refractivity contribution in [3.8, 4) is 0 Å². The van der Waals surface area contributed by atoms with Gasteiger partial charge in [0.05, 0.1) is 10.6 Å². The first-order chi connectivity index (χ1) is 13.3. The zero-order chi connectivity index (χ0) is 20.3. The number of nitrogens with zero attached hydrogens (tertiary/aromatic N) is 2. The summed E-state index contributed by atoms with van der Waals surface area (Å²) >= 11 is 6.05. The molecule has 28 heavy (non-hydrogen) atoms. The molecule has 0 atom stereocenters. The van der Waals surface area contributed by atoms with E-state index >= 15 is 0 Å². The first-order valence-electron chi connectivity index (χ1n) is 8.86. The van der Waals surface area contributed by atoms with Gasteiger partial charge in [0, 0.05) is 18.8 Å². The molecule has 3 aromatic rings. The number of benzene rings is 2. The number of carbonyl (C=O) groups excluding carboxylic acids is 2. The fourth-order valence-electron chi connectivity index (χ4n) is 2.67. The molecule has 0 saturated heterocycles. The molecule has 2 amide bonds. The quantitative estimate of drug-likeness (QED) is 0.656. The van der Waals surface area contributed by atoms with Gasteiger partial charge in [-0.2, -0.15) is 5.10 Å². The summed E-state index contributed by atoms with van der Waals surface area (Å²) in [6, 6.07) is 15.9. The molecule has 0 unspecified atom stereocenters. The van der Waals surface area contributed by atoms with Crippen LogP contribution >= 0.6 is 11.6 Å². The maximum atomic E-state index is 12.5. The number of anilines is 2. The third-order valence-corrected chi connectivity index (χ3v) is 4.64. The van der Waals surface area contributed by atoms with Crippen molar-refractivity contribution < 1.29 is 9.59 Å². The van der Waals surface area contributed by atoms with Crippen LogP contribution in [-0.4, -0.2) is 21.6 Å². The SMILES string of the molecule is CC(C)c1ccc(NC(=O)c2cc(NC(=O)c3ccccc3Cl)n(C)n2)cc1. The monoisotopic (exact) mass is 396 g/mol. The molecule has 0 bridgehead atoms. The van der Waals surface area contributed by atoms with Crippen molar-refractivity contribution in [3.05, 3.63) is 76.4 Å². The standard InChI is InChI=1S/C21H21ClN4O2/c1-13(2)14-8-10-15(11-9-14)23-21(28)18-12-19(26(3)25-18)24-20(27)16-6-4-5-7-17(16)22/h4-13H,1-3H3,(H,23,28)(H,24,27). The van der Waals surface area contributed by atoms with E-state index in [9.17, 15) is 9.59 Å². The Morgan fingerprint density at radius 1 is 1.00 bits per heavy atom.